The van der Waals surface area contributed by atoms with Gasteiger partial charge in [-0.05, 0) is 37.1 Å². The Morgan fingerprint density at radius 2 is 1.75 bits per heavy atom. The van der Waals surface area contributed by atoms with Crippen LogP contribution in [0.2, 0.25) is 0 Å². The van der Waals surface area contributed by atoms with Crippen molar-refractivity contribution >= 4 is 17.9 Å². The molecule has 0 unspecified atom stereocenters. The maximum Gasteiger partial charge on any atom is 0.321 e. The standard InChI is InChI=1S/C22H31N7O3/c1-17-3-4-19(15-18(17)2)27-23-16-20-24-21(29-8-12-31-13-9-29)26-22(25-20)32-14-7-28-5-10-30-11-6-28/h3-4,15-16,27H,5-14H2,1-2H3/b23-16+. The lowest BCUT2D eigenvalue weighted by Crippen LogP contribution is -2.39. The summed E-state index contributed by atoms with van der Waals surface area (Å²) in [5.74, 6) is 1.02. The Labute approximate surface area is 188 Å². The number of ether oxygens (including phenoxy) is 3. The highest BCUT2D eigenvalue weighted by Crippen LogP contribution is 2.15. The molecule has 1 N–H and O–H groups in total. The Bertz CT molecular complexity index is 912. The zero-order chi connectivity index (χ0) is 22.2. The normalized spacial score (nSPS) is 17.6. The Kier molecular flexibility index (Phi) is 7.81. The van der Waals surface area contributed by atoms with Gasteiger partial charge < -0.3 is 19.1 Å². The highest BCUT2D eigenvalue weighted by Gasteiger charge is 2.17. The molecule has 0 saturated carbocycles. The molecule has 2 fully saturated rings. The molecule has 2 aliphatic rings. The second-order valence-corrected chi connectivity index (χ2v) is 7.85. The Morgan fingerprint density at radius 3 is 2.50 bits per heavy atom. The van der Waals surface area contributed by atoms with Crippen LogP contribution in [0.5, 0.6) is 6.01 Å². The van der Waals surface area contributed by atoms with Crippen molar-refractivity contribution in [3.8, 4) is 6.01 Å². The molecule has 0 spiro atoms. The quantitative estimate of drug-likeness (QED) is 0.482. The van der Waals surface area contributed by atoms with E-state index in [2.05, 4.69) is 61.3 Å². The monoisotopic (exact) mass is 441 g/mol. The van der Waals surface area contributed by atoms with Crippen molar-refractivity contribution in [2.75, 3.05) is 76.1 Å². The van der Waals surface area contributed by atoms with E-state index < -0.39 is 0 Å². The largest absolute Gasteiger partial charge is 0.462 e. The molecule has 2 saturated heterocycles. The molecule has 2 aliphatic heterocycles. The van der Waals surface area contributed by atoms with E-state index >= 15 is 0 Å². The topological polar surface area (TPSA) is 97.2 Å². The average molecular weight is 442 g/mol. The molecule has 1 aromatic heterocycles. The number of aromatic nitrogens is 3. The van der Waals surface area contributed by atoms with Gasteiger partial charge in [0.25, 0.3) is 0 Å². The fraction of sp³-hybridized carbons (Fsp3) is 0.545. The molecular formula is C22H31N7O3. The predicted molar refractivity (Wildman–Crippen MR) is 123 cm³/mol. The minimum absolute atomic E-state index is 0.308. The minimum Gasteiger partial charge on any atom is -0.462 e. The van der Waals surface area contributed by atoms with Crippen LogP contribution in [-0.2, 0) is 9.47 Å². The van der Waals surface area contributed by atoms with Crippen molar-refractivity contribution < 1.29 is 14.2 Å². The van der Waals surface area contributed by atoms with E-state index in [0.717, 1.165) is 51.6 Å². The number of hydrogen-bond acceptors (Lipinski definition) is 10. The van der Waals surface area contributed by atoms with Gasteiger partial charge in [0, 0.05) is 32.7 Å². The first-order valence-corrected chi connectivity index (χ1v) is 11.1. The van der Waals surface area contributed by atoms with E-state index in [9.17, 15) is 0 Å². The van der Waals surface area contributed by atoms with E-state index in [-0.39, 0.29) is 0 Å². The van der Waals surface area contributed by atoms with Crippen LogP contribution in [0, 0.1) is 13.8 Å². The van der Waals surface area contributed by atoms with Crippen molar-refractivity contribution in [3.63, 3.8) is 0 Å². The Balaban J connectivity index is 1.44. The van der Waals surface area contributed by atoms with E-state index in [1.807, 2.05) is 6.07 Å². The van der Waals surface area contributed by atoms with Gasteiger partial charge in [-0.25, -0.2) is 0 Å². The molecular weight excluding hydrogens is 410 g/mol. The van der Waals surface area contributed by atoms with Gasteiger partial charge in [-0.15, -0.1) is 0 Å². The first kappa shape index (κ1) is 22.4. The number of hydrogen-bond donors (Lipinski definition) is 1. The van der Waals surface area contributed by atoms with Crippen LogP contribution in [0.3, 0.4) is 0 Å². The van der Waals surface area contributed by atoms with Gasteiger partial charge in [0.15, 0.2) is 5.82 Å². The van der Waals surface area contributed by atoms with Gasteiger partial charge in [0.1, 0.15) is 6.61 Å². The second-order valence-electron chi connectivity index (χ2n) is 7.85. The lowest BCUT2D eigenvalue weighted by atomic mass is 10.1. The summed E-state index contributed by atoms with van der Waals surface area (Å²) in [6, 6.07) is 6.42. The molecule has 1 aromatic carbocycles. The molecule has 10 heteroatoms. The zero-order valence-corrected chi connectivity index (χ0v) is 18.8. The summed E-state index contributed by atoms with van der Waals surface area (Å²) < 4.78 is 16.7. The molecule has 0 amide bonds. The van der Waals surface area contributed by atoms with E-state index in [1.165, 1.54) is 11.1 Å². The van der Waals surface area contributed by atoms with Gasteiger partial charge in [0.05, 0.1) is 38.3 Å². The number of aryl methyl sites for hydroxylation is 2. The minimum atomic E-state index is 0.308. The van der Waals surface area contributed by atoms with Crippen molar-refractivity contribution in [1.82, 2.24) is 19.9 Å². The third-order valence-corrected chi connectivity index (χ3v) is 5.54. The fourth-order valence-electron chi connectivity index (χ4n) is 3.45. The molecule has 2 aromatic rings. The lowest BCUT2D eigenvalue weighted by Gasteiger charge is -2.27. The van der Waals surface area contributed by atoms with Crippen LogP contribution in [0.25, 0.3) is 0 Å². The van der Waals surface area contributed by atoms with Crippen LogP contribution in [-0.4, -0.2) is 91.8 Å². The number of hydrazone groups is 1. The third kappa shape index (κ3) is 6.35. The van der Waals surface area contributed by atoms with Gasteiger partial charge in [-0.2, -0.15) is 20.1 Å². The molecule has 0 aliphatic carbocycles. The van der Waals surface area contributed by atoms with Crippen LogP contribution in [0.4, 0.5) is 11.6 Å². The maximum absolute atomic E-state index is 5.89. The summed E-state index contributed by atoms with van der Waals surface area (Å²) in [6.07, 6.45) is 1.59. The summed E-state index contributed by atoms with van der Waals surface area (Å²) in [5, 5.41) is 4.32. The molecule has 0 atom stereocenters. The van der Waals surface area contributed by atoms with Crippen LogP contribution in [0.1, 0.15) is 17.0 Å². The van der Waals surface area contributed by atoms with E-state index in [4.69, 9.17) is 14.2 Å². The molecule has 0 radical (unpaired) electrons. The summed E-state index contributed by atoms with van der Waals surface area (Å²) >= 11 is 0. The molecule has 3 heterocycles. The third-order valence-electron chi connectivity index (χ3n) is 5.54. The van der Waals surface area contributed by atoms with E-state index in [1.54, 1.807) is 6.21 Å². The van der Waals surface area contributed by atoms with Gasteiger partial charge in [0.2, 0.25) is 5.95 Å². The highest BCUT2D eigenvalue weighted by molar-refractivity contribution is 5.75. The summed E-state index contributed by atoms with van der Waals surface area (Å²) in [6.45, 7) is 11.6. The zero-order valence-electron chi connectivity index (χ0n) is 18.8. The van der Waals surface area contributed by atoms with Crippen molar-refractivity contribution in [3.05, 3.63) is 35.2 Å². The van der Waals surface area contributed by atoms with Crippen LogP contribution >= 0.6 is 0 Å². The van der Waals surface area contributed by atoms with Crippen molar-refractivity contribution in [1.29, 1.82) is 0 Å². The van der Waals surface area contributed by atoms with Gasteiger partial charge >= 0.3 is 6.01 Å². The molecule has 0 bridgehead atoms. The van der Waals surface area contributed by atoms with Gasteiger partial charge in [-0.3, -0.25) is 10.3 Å². The number of nitrogens with one attached hydrogen (secondary N) is 1. The fourth-order valence-corrected chi connectivity index (χ4v) is 3.45. The maximum atomic E-state index is 5.89. The van der Waals surface area contributed by atoms with Crippen molar-refractivity contribution in [2.45, 2.75) is 13.8 Å². The highest BCUT2D eigenvalue weighted by atomic mass is 16.5. The first-order valence-electron chi connectivity index (χ1n) is 11.1. The molecule has 4 rings (SSSR count). The summed E-state index contributed by atoms with van der Waals surface area (Å²) in [7, 11) is 0. The molecule has 32 heavy (non-hydrogen) atoms. The van der Waals surface area contributed by atoms with Gasteiger partial charge in [-0.1, -0.05) is 6.07 Å². The Hall–Kier alpha value is -2.82. The number of morpholine rings is 2. The smallest absolute Gasteiger partial charge is 0.321 e. The second kappa shape index (κ2) is 11.2. The lowest BCUT2D eigenvalue weighted by molar-refractivity contribution is 0.0317. The predicted octanol–water partition coefficient (Wildman–Crippen LogP) is 1.48. The summed E-state index contributed by atoms with van der Waals surface area (Å²) in [5.41, 5.74) is 6.40. The van der Waals surface area contributed by atoms with Crippen molar-refractivity contribution in [2.24, 2.45) is 5.10 Å². The molecule has 172 valence electrons. The van der Waals surface area contributed by atoms with E-state index in [0.29, 0.717) is 37.6 Å². The number of nitrogens with zero attached hydrogens (tertiary/aromatic N) is 6. The summed E-state index contributed by atoms with van der Waals surface area (Å²) in [4.78, 5) is 17.9. The Morgan fingerprint density at radius 1 is 1.00 bits per heavy atom. The first-order chi connectivity index (χ1) is 15.7. The van der Waals surface area contributed by atoms with Crippen LogP contribution < -0.4 is 15.1 Å². The number of anilines is 2. The SMILES string of the molecule is Cc1ccc(N/N=C/c2nc(OCCN3CCOCC3)nc(N3CCOCC3)n2)cc1C. The number of rotatable bonds is 8. The molecule has 10 nitrogen and oxygen atoms in total. The number of benzene rings is 1. The average Bonchev–Trinajstić information content (AvgIpc) is 2.83. The van der Waals surface area contributed by atoms with Crippen LogP contribution in [0.15, 0.2) is 23.3 Å².